The number of aliphatic hydroxyl groups excluding tert-OH is 1. The normalized spacial score (nSPS) is 21.6. The highest BCUT2D eigenvalue weighted by molar-refractivity contribution is 5.14. The van der Waals surface area contributed by atoms with Gasteiger partial charge in [0, 0.05) is 13.2 Å². The zero-order chi connectivity index (χ0) is 11.9. The van der Waals surface area contributed by atoms with Gasteiger partial charge in [0.1, 0.15) is 0 Å². The Morgan fingerprint density at radius 3 is 2.82 bits per heavy atom. The summed E-state index contributed by atoms with van der Waals surface area (Å²) in [6.07, 6.45) is 4.84. The molecule has 0 bridgehead atoms. The standard InChI is InChI=1S/C15H23NO/c17-13-15-9-5-11-16(12-15)10-4-8-14-6-2-1-3-7-14/h1-3,6-7,15,17H,4-5,8-13H2/t15-/m1/s1. The van der Waals surface area contributed by atoms with E-state index in [1.807, 2.05) is 0 Å². The maximum absolute atomic E-state index is 9.19. The SMILES string of the molecule is OC[C@@H]1CCCN(CCCc2ccccc2)C1. The van der Waals surface area contributed by atoms with Crippen LogP contribution in [0.5, 0.6) is 0 Å². The molecule has 1 aliphatic heterocycles. The molecule has 1 atom stereocenters. The molecule has 1 fully saturated rings. The first kappa shape index (κ1) is 12.6. The molecule has 0 spiro atoms. The Bertz CT molecular complexity index is 312. The summed E-state index contributed by atoms with van der Waals surface area (Å²) in [6.45, 7) is 3.83. The quantitative estimate of drug-likeness (QED) is 0.843. The second-order valence-electron chi connectivity index (χ2n) is 5.08. The van der Waals surface area contributed by atoms with Crippen LogP contribution in [-0.4, -0.2) is 36.2 Å². The molecule has 0 aromatic heterocycles. The lowest BCUT2D eigenvalue weighted by atomic mass is 9.98. The minimum absolute atomic E-state index is 0.356. The molecule has 0 amide bonds. The molecule has 0 radical (unpaired) electrons. The molecular formula is C15H23NO. The van der Waals surface area contributed by atoms with Crippen molar-refractivity contribution in [3.05, 3.63) is 35.9 Å². The molecule has 1 N–H and O–H groups in total. The summed E-state index contributed by atoms with van der Waals surface area (Å²) in [6, 6.07) is 10.7. The molecule has 0 unspecified atom stereocenters. The lowest BCUT2D eigenvalue weighted by molar-refractivity contribution is 0.120. The number of aryl methyl sites for hydroxylation is 1. The second-order valence-corrected chi connectivity index (χ2v) is 5.08. The molecule has 2 heteroatoms. The van der Waals surface area contributed by atoms with Crippen LogP contribution in [0, 0.1) is 5.92 Å². The molecule has 0 saturated carbocycles. The van der Waals surface area contributed by atoms with Gasteiger partial charge in [-0.3, -0.25) is 0 Å². The van der Waals surface area contributed by atoms with E-state index in [1.165, 1.54) is 44.3 Å². The minimum Gasteiger partial charge on any atom is -0.396 e. The third kappa shape index (κ3) is 4.14. The Morgan fingerprint density at radius 1 is 1.24 bits per heavy atom. The highest BCUT2D eigenvalue weighted by Gasteiger charge is 2.18. The van der Waals surface area contributed by atoms with Crippen molar-refractivity contribution >= 4 is 0 Å². The number of rotatable bonds is 5. The van der Waals surface area contributed by atoms with Crippen molar-refractivity contribution in [1.29, 1.82) is 0 Å². The number of hydrogen-bond donors (Lipinski definition) is 1. The van der Waals surface area contributed by atoms with Crippen LogP contribution in [0.1, 0.15) is 24.8 Å². The summed E-state index contributed by atoms with van der Waals surface area (Å²) in [5, 5.41) is 9.19. The first-order chi connectivity index (χ1) is 8.38. The molecule has 94 valence electrons. The van der Waals surface area contributed by atoms with E-state index >= 15 is 0 Å². The van der Waals surface area contributed by atoms with E-state index in [1.54, 1.807) is 0 Å². The van der Waals surface area contributed by atoms with Gasteiger partial charge in [-0.2, -0.15) is 0 Å². The fourth-order valence-corrected chi connectivity index (χ4v) is 2.65. The average molecular weight is 233 g/mol. The highest BCUT2D eigenvalue weighted by atomic mass is 16.3. The van der Waals surface area contributed by atoms with Gasteiger partial charge in [-0.1, -0.05) is 30.3 Å². The van der Waals surface area contributed by atoms with Gasteiger partial charge in [0.05, 0.1) is 0 Å². The Balaban J connectivity index is 1.68. The Hall–Kier alpha value is -0.860. The summed E-state index contributed by atoms with van der Waals surface area (Å²) in [5.74, 6) is 0.514. The van der Waals surface area contributed by atoms with Crippen molar-refractivity contribution in [2.24, 2.45) is 5.92 Å². The minimum atomic E-state index is 0.356. The van der Waals surface area contributed by atoms with Crippen LogP contribution in [-0.2, 0) is 6.42 Å². The van der Waals surface area contributed by atoms with E-state index < -0.39 is 0 Å². The number of hydrogen-bond acceptors (Lipinski definition) is 2. The van der Waals surface area contributed by atoms with Crippen LogP contribution >= 0.6 is 0 Å². The topological polar surface area (TPSA) is 23.5 Å². The van der Waals surface area contributed by atoms with Crippen LogP contribution in [0.15, 0.2) is 30.3 Å². The number of benzene rings is 1. The molecule has 1 aromatic carbocycles. The number of piperidine rings is 1. The van der Waals surface area contributed by atoms with Crippen molar-refractivity contribution in [2.75, 3.05) is 26.2 Å². The van der Waals surface area contributed by atoms with Crippen molar-refractivity contribution in [2.45, 2.75) is 25.7 Å². The van der Waals surface area contributed by atoms with Gasteiger partial charge in [0.15, 0.2) is 0 Å². The van der Waals surface area contributed by atoms with Gasteiger partial charge in [0.2, 0.25) is 0 Å². The van der Waals surface area contributed by atoms with Gasteiger partial charge in [-0.25, -0.2) is 0 Å². The van der Waals surface area contributed by atoms with Crippen LogP contribution in [0.3, 0.4) is 0 Å². The zero-order valence-corrected chi connectivity index (χ0v) is 10.5. The highest BCUT2D eigenvalue weighted by Crippen LogP contribution is 2.16. The second kappa shape index (κ2) is 6.77. The largest absolute Gasteiger partial charge is 0.396 e. The summed E-state index contributed by atoms with van der Waals surface area (Å²) in [7, 11) is 0. The van der Waals surface area contributed by atoms with E-state index in [-0.39, 0.29) is 0 Å². The predicted octanol–water partition coefficient (Wildman–Crippen LogP) is 2.32. The molecule has 1 aliphatic rings. The van der Waals surface area contributed by atoms with Crippen molar-refractivity contribution < 1.29 is 5.11 Å². The lowest BCUT2D eigenvalue weighted by Gasteiger charge is -2.31. The molecule has 1 aromatic rings. The van der Waals surface area contributed by atoms with Gasteiger partial charge < -0.3 is 10.0 Å². The van der Waals surface area contributed by atoms with Gasteiger partial charge in [0.25, 0.3) is 0 Å². The van der Waals surface area contributed by atoms with Crippen LogP contribution in [0.2, 0.25) is 0 Å². The first-order valence-electron chi connectivity index (χ1n) is 6.75. The Labute approximate surface area is 104 Å². The molecule has 1 saturated heterocycles. The van der Waals surface area contributed by atoms with Gasteiger partial charge in [-0.15, -0.1) is 0 Å². The summed E-state index contributed by atoms with van der Waals surface area (Å²) < 4.78 is 0. The maximum atomic E-state index is 9.19. The van der Waals surface area contributed by atoms with Crippen LogP contribution in [0.4, 0.5) is 0 Å². The van der Waals surface area contributed by atoms with Gasteiger partial charge >= 0.3 is 0 Å². The predicted molar refractivity (Wildman–Crippen MR) is 71.0 cm³/mol. The van der Waals surface area contributed by atoms with E-state index in [0.29, 0.717) is 12.5 Å². The fourth-order valence-electron chi connectivity index (χ4n) is 2.65. The number of nitrogens with zero attached hydrogens (tertiary/aromatic N) is 1. The molecule has 2 rings (SSSR count). The maximum Gasteiger partial charge on any atom is 0.0471 e. The Kier molecular flexibility index (Phi) is 5.02. The molecule has 1 heterocycles. The first-order valence-corrected chi connectivity index (χ1v) is 6.75. The average Bonchev–Trinajstić information content (AvgIpc) is 2.40. The van der Waals surface area contributed by atoms with Crippen molar-refractivity contribution in [1.82, 2.24) is 4.90 Å². The third-order valence-electron chi connectivity index (χ3n) is 3.64. The molecule has 2 nitrogen and oxygen atoms in total. The number of aliphatic hydroxyl groups is 1. The van der Waals surface area contributed by atoms with E-state index in [4.69, 9.17) is 0 Å². The van der Waals surface area contributed by atoms with Crippen molar-refractivity contribution in [3.63, 3.8) is 0 Å². The summed E-state index contributed by atoms with van der Waals surface area (Å²) >= 11 is 0. The molecule has 17 heavy (non-hydrogen) atoms. The van der Waals surface area contributed by atoms with Crippen LogP contribution in [0.25, 0.3) is 0 Å². The summed E-state index contributed by atoms with van der Waals surface area (Å²) in [5.41, 5.74) is 1.43. The Morgan fingerprint density at radius 2 is 2.06 bits per heavy atom. The van der Waals surface area contributed by atoms with E-state index in [9.17, 15) is 5.11 Å². The zero-order valence-electron chi connectivity index (χ0n) is 10.5. The molecular weight excluding hydrogens is 210 g/mol. The summed E-state index contributed by atoms with van der Waals surface area (Å²) in [4.78, 5) is 2.51. The van der Waals surface area contributed by atoms with Gasteiger partial charge in [-0.05, 0) is 50.3 Å². The number of likely N-dealkylation sites (tertiary alicyclic amines) is 1. The smallest absolute Gasteiger partial charge is 0.0471 e. The van der Waals surface area contributed by atoms with Crippen LogP contribution < -0.4 is 0 Å². The van der Waals surface area contributed by atoms with Crippen molar-refractivity contribution in [3.8, 4) is 0 Å². The van der Waals surface area contributed by atoms with E-state index in [2.05, 4.69) is 35.2 Å². The lowest BCUT2D eigenvalue weighted by Crippen LogP contribution is -2.37. The monoisotopic (exact) mass is 233 g/mol. The van der Waals surface area contributed by atoms with E-state index in [0.717, 1.165) is 6.54 Å². The molecule has 0 aliphatic carbocycles. The fraction of sp³-hybridized carbons (Fsp3) is 0.600. The third-order valence-corrected chi connectivity index (χ3v) is 3.64.